The summed E-state index contributed by atoms with van der Waals surface area (Å²) in [6.45, 7) is 0. The van der Waals surface area contributed by atoms with Crippen molar-refractivity contribution in [2.45, 2.75) is 9.79 Å². The van der Waals surface area contributed by atoms with Crippen molar-refractivity contribution in [1.82, 2.24) is 0 Å². The highest BCUT2D eigenvalue weighted by atomic mass is 32.2. The molecular formula is C40H24O3S3. The molecule has 9 rings (SSSR count). The van der Waals surface area contributed by atoms with Crippen molar-refractivity contribution in [2.75, 3.05) is 0 Å². The predicted octanol–water partition coefficient (Wildman–Crippen LogP) is 11.7. The second-order valence-electron chi connectivity index (χ2n) is 11.3. The normalized spacial score (nSPS) is 13.3. The lowest BCUT2D eigenvalue weighted by Gasteiger charge is -2.20. The summed E-state index contributed by atoms with van der Waals surface area (Å²) in [5.41, 5.74) is 7.96. The molecule has 6 aromatic carbocycles. The van der Waals surface area contributed by atoms with Crippen LogP contribution in [0, 0.1) is 0 Å². The van der Waals surface area contributed by atoms with Crippen LogP contribution in [0.2, 0.25) is 0 Å². The molecule has 0 aliphatic carbocycles. The van der Waals surface area contributed by atoms with Gasteiger partial charge in [-0.05, 0) is 75.7 Å². The average Bonchev–Trinajstić information content (AvgIpc) is 3.76. The fraction of sp³-hybridized carbons (Fsp3) is 0. The highest BCUT2D eigenvalue weighted by Crippen LogP contribution is 2.50. The van der Waals surface area contributed by atoms with Crippen LogP contribution in [0.15, 0.2) is 155 Å². The molecule has 1 aliphatic heterocycles. The van der Waals surface area contributed by atoms with E-state index in [2.05, 4.69) is 102 Å². The van der Waals surface area contributed by atoms with Gasteiger partial charge in [-0.25, -0.2) is 8.42 Å². The quantitative estimate of drug-likeness (QED) is 0.191. The summed E-state index contributed by atoms with van der Waals surface area (Å²) in [5.74, 6) is 0.707. The summed E-state index contributed by atoms with van der Waals surface area (Å²) in [6, 6.07) is 46.6. The second kappa shape index (κ2) is 10.5. The van der Waals surface area contributed by atoms with Gasteiger partial charge in [-0.2, -0.15) is 0 Å². The summed E-state index contributed by atoms with van der Waals surface area (Å²) in [4.78, 5) is 1.57. The summed E-state index contributed by atoms with van der Waals surface area (Å²) in [6.07, 6.45) is 0. The number of hydrogen-bond donors (Lipinski definition) is 0. The standard InChI is InChI=1S/C40H24O3S3/c41-46(42)35-17-8-7-16-32(35)43-33-23-28(18-19-36(33)46)27-14-9-15-29(22-27)34-24-31-38(26-12-5-2-6-13-26)39-30(20-21-44-39)37(40(31)45-34)25-10-3-1-4-11-25/h1-24H. The van der Waals surface area contributed by atoms with Crippen molar-refractivity contribution in [3.05, 3.63) is 145 Å². The maximum absolute atomic E-state index is 13.3. The van der Waals surface area contributed by atoms with Gasteiger partial charge in [0.1, 0.15) is 21.3 Å². The fourth-order valence-electron chi connectivity index (χ4n) is 6.47. The molecular weight excluding hydrogens is 625 g/mol. The Morgan fingerprint density at radius 3 is 1.89 bits per heavy atom. The first-order valence-corrected chi connectivity index (χ1v) is 18.1. The zero-order chi connectivity index (χ0) is 30.8. The largest absolute Gasteiger partial charge is 0.455 e. The van der Waals surface area contributed by atoms with E-state index in [1.807, 2.05) is 23.5 Å². The average molecular weight is 649 g/mol. The number of para-hydroxylation sites is 1. The highest BCUT2D eigenvalue weighted by Gasteiger charge is 2.31. The van der Waals surface area contributed by atoms with Gasteiger partial charge in [-0.3, -0.25) is 0 Å². The smallest absolute Gasteiger partial charge is 0.213 e. The molecule has 0 N–H and O–H groups in total. The Labute approximate surface area is 274 Å². The Morgan fingerprint density at radius 2 is 1.11 bits per heavy atom. The van der Waals surface area contributed by atoms with Gasteiger partial charge >= 0.3 is 0 Å². The fourth-order valence-corrected chi connectivity index (χ4v) is 10.2. The van der Waals surface area contributed by atoms with E-state index in [9.17, 15) is 8.42 Å². The summed E-state index contributed by atoms with van der Waals surface area (Å²) in [7, 11) is -3.65. The number of rotatable bonds is 4. The van der Waals surface area contributed by atoms with Crippen molar-refractivity contribution in [1.29, 1.82) is 0 Å². The Morgan fingerprint density at radius 1 is 0.478 bits per heavy atom. The van der Waals surface area contributed by atoms with Crippen LogP contribution in [-0.4, -0.2) is 8.42 Å². The number of fused-ring (bicyclic) bond motifs is 4. The molecule has 0 amide bonds. The Balaban J connectivity index is 1.21. The lowest BCUT2D eigenvalue weighted by molar-refractivity contribution is 0.443. The van der Waals surface area contributed by atoms with Gasteiger partial charge in [0.25, 0.3) is 0 Å². The highest BCUT2D eigenvalue weighted by molar-refractivity contribution is 7.91. The van der Waals surface area contributed by atoms with Crippen molar-refractivity contribution in [3.8, 4) is 55.3 Å². The van der Waals surface area contributed by atoms with Crippen LogP contribution in [0.25, 0.3) is 64.0 Å². The third-order valence-electron chi connectivity index (χ3n) is 8.59. The third-order valence-corrected chi connectivity index (χ3v) is 12.6. The minimum Gasteiger partial charge on any atom is -0.455 e. The van der Waals surface area contributed by atoms with Crippen LogP contribution in [0.5, 0.6) is 11.5 Å². The Hall–Kier alpha value is -5.01. The predicted molar refractivity (Wildman–Crippen MR) is 191 cm³/mol. The van der Waals surface area contributed by atoms with Gasteiger partial charge in [0.2, 0.25) is 9.84 Å². The molecule has 2 aromatic heterocycles. The zero-order valence-electron chi connectivity index (χ0n) is 24.3. The molecule has 1 aliphatic rings. The van der Waals surface area contributed by atoms with Crippen LogP contribution < -0.4 is 4.74 Å². The van der Waals surface area contributed by atoms with Gasteiger partial charge in [0, 0.05) is 36.2 Å². The number of hydrogen-bond acceptors (Lipinski definition) is 5. The molecule has 0 unspecified atom stereocenters. The monoisotopic (exact) mass is 648 g/mol. The Kier molecular flexibility index (Phi) is 6.25. The topological polar surface area (TPSA) is 43.4 Å². The molecule has 0 atom stereocenters. The van der Waals surface area contributed by atoms with Crippen LogP contribution in [0.1, 0.15) is 0 Å². The third kappa shape index (κ3) is 4.26. The number of sulfone groups is 1. The summed E-state index contributed by atoms with van der Waals surface area (Å²) < 4.78 is 35.3. The lowest BCUT2D eigenvalue weighted by atomic mass is 9.93. The molecule has 46 heavy (non-hydrogen) atoms. The van der Waals surface area contributed by atoms with E-state index in [4.69, 9.17) is 4.74 Å². The minimum atomic E-state index is -3.65. The molecule has 0 saturated carbocycles. The molecule has 0 radical (unpaired) electrons. The Bertz CT molecular complexity index is 2470. The van der Waals surface area contributed by atoms with Gasteiger partial charge < -0.3 is 4.74 Å². The lowest BCUT2D eigenvalue weighted by Crippen LogP contribution is -2.10. The zero-order valence-corrected chi connectivity index (χ0v) is 26.8. The summed E-state index contributed by atoms with van der Waals surface area (Å²) in [5, 5.41) is 4.72. The number of ether oxygens (including phenoxy) is 1. The van der Waals surface area contributed by atoms with Gasteiger partial charge in [-0.15, -0.1) is 22.7 Å². The molecule has 6 heteroatoms. The molecule has 220 valence electrons. The summed E-state index contributed by atoms with van der Waals surface area (Å²) >= 11 is 3.61. The minimum absolute atomic E-state index is 0.192. The van der Waals surface area contributed by atoms with E-state index in [1.54, 1.807) is 41.7 Å². The van der Waals surface area contributed by atoms with Crippen molar-refractivity contribution in [3.63, 3.8) is 0 Å². The van der Waals surface area contributed by atoms with E-state index >= 15 is 0 Å². The van der Waals surface area contributed by atoms with Crippen LogP contribution in [0.4, 0.5) is 0 Å². The van der Waals surface area contributed by atoms with Gasteiger partial charge in [0.15, 0.2) is 0 Å². The molecule has 3 heterocycles. The van der Waals surface area contributed by atoms with Crippen molar-refractivity contribution >= 4 is 52.7 Å². The molecule has 0 saturated heterocycles. The molecule has 0 spiro atoms. The van der Waals surface area contributed by atoms with Gasteiger partial charge in [0.05, 0.1) is 0 Å². The van der Waals surface area contributed by atoms with E-state index in [1.165, 1.54) is 47.3 Å². The molecule has 0 bridgehead atoms. The number of thiophene rings is 2. The number of benzene rings is 6. The first-order valence-electron chi connectivity index (χ1n) is 14.9. The first kappa shape index (κ1) is 27.3. The van der Waals surface area contributed by atoms with Crippen LogP contribution >= 0.6 is 22.7 Å². The maximum atomic E-state index is 13.3. The molecule has 3 nitrogen and oxygen atoms in total. The van der Waals surface area contributed by atoms with Crippen LogP contribution in [0.3, 0.4) is 0 Å². The van der Waals surface area contributed by atoms with Crippen LogP contribution in [-0.2, 0) is 9.84 Å². The van der Waals surface area contributed by atoms with E-state index in [0.717, 1.165) is 16.7 Å². The van der Waals surface area contributed by atoms with E-state index < -0.39 is 9.84 Å². The van der Waals surface area contributed by atoms with Crippen molar-refractivity contribution < 1.29 is 13.2 Å². The van der Waals surface area contributed by atoms with E-state index in [-0.39, 0.29) is 9.79 Å². The van der Waals surface area contributed by atoms with E-state index in [0.29, 0.717) is 11.5 Å². The maximum Gasteiger partial charge on any atom is 0.213 e. The molecule has 0 fully saturated rings. The van der Waals surface area contributed by atoms with Gasteiger partial charge in [-0.1, -0.05) is 97.1 Å². The van der Waals surface area contributed by atoms with Crippen molar-refractivity contribution in [2.24, 2.45) is 0 Å². The molecule has 8 aromatic rings. The SMILES string of the molecule is O=S1(=O)c2ccccc2Oc2cc(-c3cccc(-c4cc5c(-c6ccccc6)c6sccc6c(-c6ccccc6)c5s4)c3)ccc21. The first-order chi connectivity index (χ1) is 22.6. The second-order valence-corrected chi connectivity index (χ2v) is 15.1.